The van der Waals surface area contributed by atoms with Crippen molar-refractivity contribution in [2.24, 2.45) is 0 Å². The first-order chi connectivity index (χ1) is 7.65. The van der Waals surface area contributed by atoms with Crippen molar-refractivity contribution in [3.8, 4) is 0 Å². The Morgan fingerprint density at radius 2 is 2.25 bits per heavy atom. The summed E-state index contributed by atoms with van der Waals surface area (Å²) < 4.78 is 0.699. The molecule has 1 fully saturated rings. The van der Waals surface area contributed by atoms with Crippen LogP contribution in [0.3, 0.4) is 0 Å². The Morgan fingerprint density at radius 1 is 1.44 bits per heavy atom. The van der Waals surface area contributed by atoms with Crippen molar-refractivity contribution < 1.29 is 9.59 Å². The molecule has 5 nitrogen and oxygen atoms in total. The summed E-state index contributed by atoms with van der Waals surface area (Å²) >= 11 is 3.25. The number of pyridine rings is 1. The number of imide groups is 1. The van der Waals surface area contributed by atoms with Crippen LogP contribution < -0.4 is 10.6 Å². The van der Waals surface area contributed by atoms with Crippen molar-refractivity contribution in [3.05, 3.63) is 22.8 Å². The summed E-state index contributed by atoms with van der Waals surface area (Å²) in [6.07, 6.45) is 0.857. The first-order valence-corrected chi connectivity index (χ1v) is 5.67. The second-order valence-corrected chi connectivity index (χ2v) is 4.31. The minimum Gasteiger partial charge on any atom is -0.358 e. The lowest BCUT2D eigenvalue weighted by Crippen LogP contribution is -2.47. The molecule has 1 aliphatic rings. The third-order valence-electron chi connectivity index (χ3n) is 2.28. The van der Waals surface area contributed by atoms with Crippen LogP contribution in [0.1, 0.15) is 12.8 Å². The van der Waals surface area contributed by atoms with Gasteiger partial charge in [-0.05, 0) is 34.5 Å². The molecule has 16 heavy (non-hydrogen) atoms. The molecule has 2 N–H and O–H groups in total. The van der Waals surface area contributed by atoms with Crippen LogP contribution in [-0.2, 0) is 9.59 Å². The van der Waals surface area contributed by atoms with Crippen LogP contribution in [0.15, 0.2) is 22.8 Å². The van der Waals surface area contributed by atoms with Crippen molar-refractivity contribution in [1.29, 1.82) is 0 Å². The Bertz CT molecular complexity index is 436. The van der Waals surface area contributed by atoms with E-state index in [9.17, 15) is 9.59 Å². The van der Waals surface area contributed by atoms with E-state index in [1.165, 1.54) is 0 Å². The number of hydrogen-bond donors (Lipinski definition) is 2. The highest BCUT2D eigenvalue weighted by atomic mass is 79.9. The Labute approximate surface area is 101 Å². The molecule has 1 aromatic heterocycles. The quantitative estimate of drug-likeness (QED) is 0.629. The lowest BCUT2D eigenvalue weighted by molar-refractivity contribution is -0.133. The summed E-state index contributed by atoms with van der Waals surface area (Å²) in [6, 6.07) is 5.01. The molecule has 2 amide bonds. The zero-order valence-electron chi connectivity index (χ0n) is 8.37. The monoisotopic (exact) mass is 283 g/mol. The Balaban J connectivity index is 2.05. The van der Waals surface area contributed by atoms with Crippen molar-refractivity contribution in [2.45, 2.75) is 18.9 Å². The van der Waals surface area contributed by atoms with Crippen molar-refractivity contribution in [3.63, 3.8) is 0 Å². The number of anilines is 1. The molecule has 6 heteroatoms. The van der Waals surface area contributed by atoms with Gasteiger partial charge >= 0.3 is 0 Å². The summed E-state index contributed by atoms with van der Waals surface area (Å²) in [7, 11) is 0. The van der Waals surface area contributed by atoms with Crippen LogP contribution >= 0.6 is 15.9 Å². The molecule has 0 aromatic carbocycles. The fraction of sp³-hybridized carbons (Fsp3) is 0.300. The maximum Gasteiger partial charge on any atom is 0.249 e. The first-order valence-electron chi connectivity index (χ1n) is 4.88. The number of carbonyl (C=O) groups is 2. The smallest absolute Gasteiger partial charge is 0.249 e. The van der Waals surface area contributed by atoms with E-state index in [1.807, 2.05) is 6.07 Å². The number of piperidine rings is 1. The summed E-state index contributed by atoms with van der Waals surface area (Å²) in [6.45, 7) is 0. The van der Waals surface area contributed by atoms with Gasteiger partial charge in [0, 0.05) is 6.42 Å². The molecule has 1 saturated heterocycles. The third kappa shape index (κ3) is 2.57. The number of aromatic nitrogens is 1. The van der Waals surface area contributed by atoms with Crippen molar-refractivity contribution in [1.82, 2.24) is 10.3 Å². The number of hydrogen-bond acceptors (Lipinski definition) is 4. The molecule has 2 heterocycles. The molecule has 0 radical (unpaired) electrons. The normalized spacial score (nSPS) is 20.4. The molecule has 0 saturated carbocycles. The zero-order valence-corrected chi connectivity index (χ0v) is 9.95. The minimum absolute atomic E-state index is 0.217. The van der Waals surface area contributed by atoms with Gasteiger partial charge in [-0.25, -0.2) is 4.98 Å². The fourth-order valence-electron chi connectivity index (χ4n) is 1.50. The number of halogens is 1. The number of rotatable bonds is 2. The zero-order chi connectivity index (χ0) is 11.5. The SMILES string of the molecule is O=C1CCC(Nc2cccc(Br)n2)C(=O)N1. The molecular formula is C10H10BrN3O2. The van der Waals surface area contributed by atoms with Gasteiger partial charge in [0.05, 0.1) is 0 Å². The predicted molar refractivity (Wildman–Crippen MR) is 61.7 cm³/mol. The highest BCUT2D eigenvalue weighted by Gasteiger charge is 2.26. The van der Waals surface area contributed by atoms with Gasteiger partial charge < -0.3 is 5.32 Å². The number of nitrogens with zero attached hydrogens (tertiary/aromatic N) is 1. The molecule has 1 atom stereocenters. The fourth-order valence-corrected chi connectivity index (χ4v) is 1.84. The largest absolute Gasteiger partial charge is 0.358 e. The topological polar surface area (TPSA) is 71.1 Å². The lowest BCUT2D eigenvalue weighted by Gasteiger charge is -2.22. The van der Waals surface area contributed by atoms with Gasteiger partial charge in [-0.2, -0.15) is 0 Å². The van der Waals surface area contributed by atoms with Gasteiger partial charge in [0.2, 0.25) is 11.8 Å². The third-order valence-corrected chi connectivity index (χ3v) is 2.72. The van der Waals surface area contributed by atoms with Crippen molar-refractivity contribution in [2.75, 3.05) is 5.32 Å². The molecule has 0 spiro atoms. The number of nitrogens with one attached hydrogen (secondary N) is 2. The molecular weight excluding hydrogens is 274 g/mol. The Kier molecular flexibility index (Phi) is 3.19. The van der Waals surface area contributed by atoms with Gasteiger partial charge in [0.1, 0.15) is 16.5 Å². The van der Waals surface area contributed by atoms with Gasteiger partial charge in [-0.15, -0.1) is 0 Å². The summed E-state index contributed by atoms with van der Waals surface area (Å²) in [5.41, 5.74) is 0. The van der Waals surface area contributed by atoms with Crippen molar-refractivity contribution >= 4 is 33.6 Å². The van der Waals surface area contributed by atoms with E-state index in [-0.39, 0.29) is 17.9 Å². The molecule has 0 aliphatic carbocycles. The molecule has 1 unspecified atom stereocenters. The number of amides is 2. The molecule has 2 rings (SSSR count). The van der Waals surface area contributed by atoms with Gasteiger partial charge in [-0.1, -0.05) is 6.07 Å². The van der Waals surface area contributed by atoms with E-state index < -0.39 is 0 Å². The van der Waals surface area contributed by atoms with E-state index in [2.05, 4.69) is 31.5 Å². The average molecular weight is 284 g/mol. The predicted octanol–water partition coefficient (Wildman–Crippen LogP) is 1.06. The second-order valence-electron chi connectivity index (χ2n) is 3.49. The van der Waals surface area contributed by atoms with Crippen LogP contribution in [0.5, 0.6) is 0 Å². The highest BCUT2D eigenvalue weighted by molar-refractivity contribution is 9.10. The summed E-state index contributed by atoms with van der Waals surface area (Å²) in [4.78, 5) is 26.6. The van der Waals surface area contributed by atoms with Gasteiger partial charge in [-0.3, -0.25) is 14.9 Å². The van der Waals surface area contributed by atoms with Crippen LogP contribution in [0.4, 0.5) is 5.82 Å². The molecule has 1 aliphatic heterocycles. The van der Waals surface area contributed by atoms with Crippen LogP contribution in [-0.4, -0.2) is 22.8 Å². The van der Waals surface area contributed by atoms with E-state index in [4.69, 9.17) is 0 Å². The van der Waals surface area contributed by atoms with E-state index in [0.29, 0.717) is 23.3 Å². The molecule has 0 bridgehead atoms. The number of carbonyl (C=O) groups excluding carboxylic acids is 2. The summed E-state index contributed by atoms with van der Waals surface area (Å²) in [5, 5.41) is 5.27. The van der Waals surface area contributed by atoms with Gasteiger partial charge in [0.25, 0.3) is 0 Å². The molecule has 84 valence electrons. The van der Waals surface area contributed by atoms with E-state index in [1.54, 1.807) is 12.1 Å². The highest BCUT2D eigenvalue weighted by Crippen LogP contribution is 2.14. The minimum atomic E-state index is -0.389. The van der Waals surface area contributed by atoms with Crippen LogP contribution in [0, 0.1) is 0 Å². The maximum atomic E-state index is 11.5. The van der Waals surface area contributed by atoms with E-state index >= 15 is 0 Å². The van der Waals surface area contributed by atoms with Crippen LogP contribution in [0.2, 0.25) is 0 Å². The average Bonchev–Trinajstić information content (AvgIpc) is 2.22. The van der Waals surface area contributed by atoms with E-state index in [0.717, 1.165) is 0 Å². The Morgan fingerprint density at radius 3 is 2.94 bits per heavy atom. The summed E-state index contributed by atoms with van der Waals surface area (Å²) in [5.74, 6) is 0.104. The Hall–Kier alpha value is -1.43. The lowest BCUT2D eigenvalue weighted by atomic mass is 10.1. The second kappa shape index (κ2) is 4.61. The molecule has 1 aromatic rings. The van der Waals surface area contributed by atoms with Crippen LogP contribution in [0.25, 0.3) is 0 Å². The standard InChI is InChI=1S/C10H10BrN3O2/c11-7-2-1-3-8(13-7)12-6-4-5-9(15)14-10(6)16/h1-3,6H,4-5H2,(H,12,13)(H,14,15,16). The van der Waals surface area contributed by atoms with Gasteiger partial charge in [0.15, 0.2) is 0 Å². The first kappa shape index (κ1) is 11.1. The maximum absolute atomic E-state index is 11.5.